The summed E-state index contributed by atoms with van der Waals surface area (Å²) in [6.07, 6.45) is 11.1. The molecule has 1 aromatic carbocycles. The number of hydrogen-bond donors (Lipinski definition) is 1. The third-order valence-corrected chi connectivity index (χ3v) is 6.53. The zero-order valence-electron chi connectivity index (χ0n) is 17.8. The van der Waals surface area contributed by atoms with E-state index in [1.54, 1.807) is 7.11 Å². The predicted octanol–water partition coefficient (Wildman–Crippen LogP) is 3.95. The molecule has 1 aromatic rings. The summed E-state index contributed by atoms with van der Waals surface area (Å²) in [7, 11) is 1.66. The van der Waals surface area contributed by atoms with Crippen molar-refractivity contribution in [1.82, 2.24) is 10.2 Å². The highest BCUT2D eigenvalue weighted by Gasteiger charge is 2.29. The Bertz CT molecular complexity index is 651. The Labute approximate surface area is 175 Å². The topological polar surface area (TPSA) is 58.6 Å². The number of piperidine rings is 1. The van der Waals surface area contributed by atoms with E-state index in [4.69, 9.17) is 4.74 Å². The van der Waals surface area contributed by atoms with Crippen LogP contribution in [0.4, 0.5) is 0 Å². The third kappa shape index (κ3) is 6.76. The highest BCUT2D eigenvalue weighted by atomic mass is 16.5. The Morgan fingerprint density at radius 1 is 1.10 bits per heavy atom. The van der Waals surface area contributed by atoms with Gasteiger partial charge in [0.05, 0.1) is 13.0 Å². The fourth-order valence-electron chi connectivity index (χ4n) is 4.60. The van der Waals surface area contributed by atoms with Gasteiger partial charge in [-0.25, -0.2) is 0 Å². The number of carbonyl (C=O) groups is 2. The molecule has 1 atom stereocenters. The summed E-state index contributed by atoms with van der Waals surface area (Å²) >= 11 is 0. The zero-order chi connectivity index (χ0) is 20.5. The second-order valence-corrected chi connectivity index (χ2v) is 8.61. The van der Waals surface area contributed by atoms with Crippen molar-refractivity contribution in [3.05, 3.63) is 29.8 Å². The first-order chi connectivity index (χ1) is 14.2. The highest BCUT2D eigenvalue weighted by Crippen LogP contribution is 2.25. The van der Waals surface area contributed by atoms with Gasteiger partial charge in [0.15, 0.2) is 0 Å². The predicted molar refractivity (Wildman–Crippen MR) is 115 cm³/mol. The minimum atomic E-state index is -0.0716. The van der Waals surface area contributed by atoms with Gasteiger partial charge in [0.25, 0.3) is 0 Å². The summed E-state index contributed by atoms with van der Waals surface area (Å²) in [4.78, 5) is 26.8. The maximum absolute atomic E-state index is 12.6. The van der Waals surface area contributed by atoms with Crippen LogP contribution in [0.5, 0.6) is 5.75 Å². The third-order valence-electron chi connectivity index (χ3n) is 6.53. The van der Waals surface area contributed by atoms with Crippen LogP contribution in [0.1, 0.15) is 63.4 Å². The molecule has 0 aromatic heterocycles. The minimum Gasteiger partial charge on any atom is -0.497 e. The molecule has 2 amide bonds. The van der Waals surface area contributed by atoms with E-state index < -0.39 is 0 Å². The van der Waals surface area contributed by atoms with Gasteiger partial charge in [0, 0.05) is 26.1 Å². The van der Waals surface area contributed by atoms with Crippen molar-refractivity contribution < 1.29 is 14.3 Å². The van der Waals surface area contributed by atoms with E-state index in [9.17, 15) is 9.59 Å². The van der Waals surface area contributed by atoms with E-state index in [0.717, 1.165) is 31.1 Å². The largest absolute Gasteiger partial charge is 0.497 e. The Balaban J connectivity index is 1.41. The van der Waals surface area contributed by atoms with Gasteiger partial charge in [-0.15, -0.1) is 0 Å². The SMILES string of the molecule is COc1ccc(CCN2CC(C(=O)NCCC3CCCCCC3)CCC2=O)cc1. The van der Waals surface area contributed by atoms with Crippen molar-refractivity contribution in [1.29, 1.82) is 0 Å². The second kappa shape index (κ2) is 11.2. The fraction of sp³-hybridized carbons (Fsp3) is 0.667. The maximum Gasteiger partial charge on any atom is 0.224 e. The lowest BCUT2D eigenvalue weighted by molar-refractivity contribution is -0.138. The molecule has 0 spiro atoms. The number of benzene rings is 1. The molecule has 0 bridgehead atoms. The van der Waals surface area contributed by atoms with Crippen LogP contribution in [0.3, 0.4) is 0 Å². The number of nitrogens with zero attached hydrogens (tertiary/aromatic N) is 1. The van der Waals surface area contributed by atoms with E-state index in [0.29, 0.717) is 25.9 Å². The van der Waals surface area contributed by atoms with Crippen molar-refractivity contribution >= 4 is 11.8 Å². The number of rotatable bonds is 8. The molecule has 160 valence electrons. The molecular formula is C24H36N2O3. The lowest BCUT2D eigenvalue weighted by Crippen LogP contribution is -2.46. The number of nitrogens with one attached hydrogen (secondary N) is 1. The fourth-order valence-corrected chi connectivity index (χ4v) is 4.60. The van der Waals surface area contributed by atoms with Crippen LogP contribution < -0.4 is 10.1 Å². The van der Waals surface area contributed by atoms with Crippen molar-refractivity contribution in [3.8, 4) is 5.75 Å². The summed E-state index contributed by atoms with van der Waals surface area (Å²) in [5, 5.41) is 3.15. The van der Waals surface area contributed by atoms with Gasteiger partial charge < -0.3 is 15.0 Å². The molecule has 5 nitrogen and oxygen atoms in total. The Hall–Kier alpha value is -2.04. The van der Waals surface area contributed by atoms with E-state index >= 15 is 0 Å². The minimum absolute atomic E-state index is 0.0716. The summed E-state index contributed by atoms with van der Waals surface area (Å²) in [6, 6.07) is 7.95. The molecule has 1 aliphatic carbocycles. The van der Waals surface area contributed by atoms with Crippen molar-refractivity contribution in [2.75, 3.05) is 26.7 Å². The molecule has 1 saturated heterocycles. The molecule has 1 aliphatic heterocycles. The number of amides is 2. The first kappa shape index (κ1) is 21.7. The molecule has 2 fully saturated rings. The van der Waals surface area contributed by atoms with Crippen LogP contribution in [-0.2, 0) is 16.0 Å². The summed E-state index contributed by atoms with van der Waals surface area (Å²) < 4.78 is 5.19. The Kier molecular flexibility index (Phi) is 8.38. The number of ether oxygens (including phenoxy) is 1. The molecule has 1 N–H and O–H groups in total. The van der Waals surface area contributed by atoms with E-state index in [1.807, 2.05) is 29.2 Å². The summed E-state index contributed by atoms with van der Waals surface area (Å²) in [5.41, 5.74) is 1.17. The molecule has 5 heteroatoms. The van der Waals surface area contributed by atoms with Gasteiger partial charge in [-0.1, -0.05) is 50.7 Å². The van der Waals surface area contributed by atoms with Crippen LogP contribution in [0.2, 0.25) is 0 Å². The maximum atomic E-state index is 12.6. The molecular weight excluding hydrogens is 364 g/mol. The van der Waals surface area contributed by atoms with Gasteiger partial charge >= 0.3 is 0 Å². The van der Waals surface area contributed by atoms with Gasteiger partial charge in [-0.2, -0.15) is 0 Å². The molecule has 1 unspecified atom stereocenters. The second-order valence-electron chi connectivity index (χ2n) is 8.61. The van der Waals surface area contributed by atoms with Gasteiger partial charge in [-0.05, 0) is 42.9 Å². The normalized spacial score (nSPS) is 20.9. The quantitative estimate of drug-likeness (QED) is 0.672. The molecule has 0 radical (unpaired) electrons. The number of methoxy groups -OCH3 is 1. The first-order valence-electron chi connectivity index (χ1n) is 11.3. The van der Waals surface area contributed by atoms with Gasteiger partial charge in [-0.3, -0.25) is 9.59 Å². The van der Waals surface area contributed by atoms with Crippen LogP contribution >= 0.6 is 0 Å². The van der Waals surface area contributed by atoms with Crippen LogP contribution in [0, 0.1) is 11.8 Å². The van der Waals surface area contributed by atoms with Crippen molar-refractivity contribution in [3.63, 3.8) is 0 Å². The van der Waals surface area contributed by atoms with Crippen molar-refractivity contribution in [2.24, 2.45) is 11.8 Å². The lowest BCUT2D eigenvalue weighted by atomic mass is 9.95. The molecule has 3 rings (SSSR count). The summed E-state index contributed by atoms with van der Waals surface area (Å²) in [6.45, 7) is 1.99. The van der Waals surface area contributed by atoms with Crippen molar-refractivity contribution in [2.45, 2.75) is 64.2 Å². The molecule has 1 heterocycles. The number of likely N-dealkylation sites (tertiary alicyclic amines) is 1. The average Bonchev–Trinajstić information content (AvgIpc) is 3.02. The monoisotopic (exact) mass is 400 g/mol. The van der Waals surface area contributed by atoms with Gasteiger partial charge in [0.1, 0.15) is 5.75 Å². The summed E-state index contributed by atoms with van der Waals surface area (Å²) in [5.74, 6) is 1.83. The molecule has 2 aliphatic rings. The van der Waals surface area contributed by atoms with E-state index in [1.165, 1.54) is 44.1 Å². The van der Waals surface area contributed by atoms with Gasteiger partial charge in [0.2, 0.25) is 11.8 Å². The average molecular weight is 401 g/mol. The Morgan fingerprint density at radius 2 is 1.83 bits per heavy atom. The zero-order valence-corrected chi connectivity index (χ0v) is 17.8. The lowest BCUT2D eigenvalue weighted by Gasteiger charge is -2.32. The molecule has 29 heavy (non-hydrogen) atoms. The standard InChI is InChI=1S/C24H36N2O3/c1-29-22-11-8-20(9-12-22)15-17-26-18-21(10-13-23(26)27)24(28)25-16-14-19-6-4-2-3-5-7-19/h8-9,11-12,19,21H,2-7,10,13-18H2,1H3,(H,25,28). The van der Waals surface area contributed by atoms with Crippen LogP contribution in [0.15, 0.2) is 24.3 Å². The van der Waals surface area contributed by atoms with Crippen LogP contribution in [0.25, 0.3) is 0 Å². The highest BCUT2D eigenvalue weighted by molar-refractivity contribution is 5.83. The smallest absolute Gasteiger partial charge is 0.224 e. The number of carbonyl (C=O) groups excluding carboxylic acids is 2. The van der Waals surface area contributed by atoms with Crippen LogP contribution in [-0.4, -0.2) is 43.5 Å². The van der Waals surface area contributed by atoms with E-state index in [2.05, 4.69) is 5.32 Å². The molecule has 1 saturated carbocycles. The number of hydrogen-bond acceptors (Lipinski definition) is 3. The Morgan fingerprint density at radius 3 is 2.52 bits per heavy atom. The van der Waals surface area contributed by atoms with E-state index in [-0.39, 0.29) is 17.7 Å². The first-order valence-corrected chi connectivity index (χ1v) is 11.3.